The van der Waals surface area contributed by atoms with Gasteiger partial charge in [-0.25, -0.2) is 0 Å². The van der Waals surface area contributed by atoms with Crippen molar-refractivity contribution in [1.82, 2.24) is 10.6 Å². The predicted octanol–water partition coefficient (Wildman–Crippen LogP) is 2.05. The molecule has 0 unspecified atom stereocenters. The van der Waals surface area contributed by atoms with Gasteiger partial charge in [-0.3, -0.25) is 14.4 Å². The third-order valence-electron chi connectivity index (χ3n) is 4.71. The maximum atomic E-state index is 12.1. The molecule has 7 nitrogen and oxygen atoms in total. The minimum atomic E-state index is -0.890. The van der Waals surface area contributed by atoms with Crippen LogP contribution in [0.25, 0.3) is 0 Å². The van der Waals surface area contributed by atoms with Crippen LogP contribution in [-0.4, -0.2) is 44.1 Å². The van der Waals surface area contributed by atoms with Gasteiger partial charge in [0, 0.05) is 12.1 Å². The molecule has 1 aliphatic carbocycles. The number of carbonyl (C=O) groups excluding carboxylic acids is 3. The van der Waals surface area contributed by atoms with Gasteiger partial charge in [0.05, 0.1) is 7.11 Å². The fourth-order valence-corrected chi connectivity index (χ4v) is 3.07. The van der Waals surface area contributed by atoms with Crippen molar-refractivity contribution in [3.63, 3.8) is 0 Å². The molecule has 1 aromatic rings. The third kappa shape index (κ3) is 6.92. The number of rotatable bonds is 8. The summed E-state index contributed by atoms with van der Waals surface area (Å²) >= 11 is 0. The molecular formula is C20H28N2O5. The number of benzene rings is 1. The second-order valence-electron chi connectivity index (χ2n) is 6.79. The number of ether oxygens (including phenoxy) is 2. The Bertz CT molecular complexity index is 638. The van der Waals surface area contributed by atoms with Crippen molar-refractivity contribution in [3.05, 3.63) is 29.8 Å². The third-order valence-corrected chi connectivity index (χ3v) is 4.71. The van der Waals surface area contributed by atoms with Crippen molar-refractivity contribution < 1.29 is 23.9 Å². The van der Waals surface area contributed by atoms with E-state index >= 15 is 0 Å². The van der Waals surface area contributed by atoms with E-state index in [4.69, 9.17) is 9.47 Å². The van der Waals surface area contributed by atoms with Gasteiger partial charge >= 0.3 is 5.97 Å². The lowest BCUT2D eigenvalue weighted by Crippen LogP contribution is -2.40. The van der Waals surface area contributed by atoms with Crippen molar-refractivity contribution in [2.75, 3.05) is 20.2 Å². The number of hydrogen-bond donors (Lipinski definition) is 2. The van der Waals surface area contributed by atoms with E-state index in [2.05, 4.69) is 10.6 Å². The summed E-state index contributed by atoms with van der Waals surface area (Å²) in [6.07, 6.45) is 5.05. The Morgan fingerprint density at radius 2 is 1.74 bits per heavy atom. The van der Waals surface area contributed by atoms with Crippen LogP contribution in [0.4, 0.5) is 0 Å². The van der Waals surface area contributed by atoms with Gasteiger partial charge in [-0.2, -0.15) is 0 Å². The van der Waals surface area contributed by atoms with Crippen molar-refractivity contribution in [3.8, 4) is 5.75 Å². The highest BCUT2D eigenvalue weighted by atomic mass is 16.5. The van der Waals surface area contributed by atoms with Gasteiger partial charge in [0.15, 0.2) is 6.10 Å². The molecule has 1 fully saturated rings. The molecule has 1 saturated carbocycles. The van der Waals surface area contributed by atoms with E-state index < -0.39 is 18.0 Å². The lowest BCUT2D eigenvalue weighted by Gasteiger charge is -2.22. The minimum absolute atomic E-state index is 0.300. The van der Waals surface area contributed by atoms with Crippen molar-refractivity contribution in [1.29, 1.82) is 0 Å². The van der Waals surface area contributed by atoms with E-state index in [-0.39, 0.29) is 12.5 Å². The Morgan fingerprint density at radius 1 is 1.07 bits per heavy atom. The van der Waals surface area contributed by atoms with E-state index in [0.717, 1.165) is 12.8 Å². The molecule has 7 heteroatoms. The molecule has 1 atom stereocenters. The normalized spacial score (nSPS) is 15.5. The van der Waals surface area contributed by atoms with Crippen LogP contribution < -0.4 is 15.4 Å². The maximum Gasteiger partial charge on any atom is 0.326 e. The molecule has 0 radical (unpaired) electrons. The number of esters is 1. The largest absolute Gasteiger partial charge is 0.497 e. The molecule has 1 aliphatic rings. The van der Waals surface area contributed by atoms with E-state index in [1.54, 1.807) is 24.3 Å². The van der Waals surface area contributed by atoms with Crippen LogP contribution in [0, 0.1) is 5.92 Å². The zero-order valence-corrected chi connectivity index (χ0v) is 16.0. The van der Waals surface area contributed by atoms with Crippen LogP contribution >= 0.6 is 0 Å². The molecular weight excluding hydrogens is 348 g/mol. The van der Waals surface area contributed by atoms with Crippen LogP contribution in [0.15, 0.2) is 24.3 Å². The molecule has 2 rings (SSSR count). The maximum absolute atomic E-state index is 12.1. The Kier molecular flexibility index (Phi) is 8.10. The first-order valence-electron chi connectivity index (χ1n) is 9.39. The smallest absolute Gasteiger partial charge is 0.326 e. The van der Waals surface area contributed by atoms with Crippen LogP contribution in [0.1, 0.15) is 49.4 Å². The second-order valence-corrected chi connectivity index (χ2v) is 6.79. The number of nitrogens with one attached hydrogen (secondary N) is 2. The van der Waals surface area contributed by atoms with Gasteiger partial charge in [-0.05, 0) is 49.9 Å². The highest BCUT2D eigenvalue weighted by Gasteiger charge is 2.20. The Labute approximate surface area is 159 Å². The highest BCUT2D eigenvalue weighted by molar-refractivity contribution is 5.96. The monoisotopic (exact) mass is 376 g/mol. The summed E-state index contributed by atoms with van der Waals surface area (Å²) in [4.78, 5) is 35.9. The first kappa shape index (κ1) is 20.7. The predicted molar refractivity (Wildman–Crippen MR) is 100 cm³/mol. The van der Waals surface area contributed by atoms with E-state index in [1.165, 1.54) is 33.3 Å². The van der Waals surface area contributed by atoms with Gasteiger partial charge in [0.25, 0.3) is 11.8 Å². The van der Waals surface area contributed by atoms with E-state index in [9.17, 15) is 14.4 Å². The summed E-state index contributed by atoms with van der Waals surface area (Å²) in [5.41, 5.74) is 0.405. The van der Waals surface area contributed by atoms with E-state index in [0.29, 0.717) is 23.8 Å². The number of carbonyl (C=O) groups is 3. The summed E-state index contributed by atoms with van der Waals surface area (Å²) in [5, 5.41) is 5.32. The number of hydrogen-bond acceptors (Lipinski definition) is 5. The summed E-state index contributed by atoms with van der Waals surface area (Å²) in [7, 11) is 1.54. The second kappa shape index (κ2) is 10.5. The molecule has 0 heterocycles. The van der Waals surface area contributed by atoms with Crippen LogP contribution in [0.2, 0.25) is 0 Å². The molecule has 2 N–H and O–H groups in total. The topological polar surface area (TPSA) is 93.7 Å². The van der Waals surface area contributed by atoms with Crippen molar-refractivity contribution >= 4 is 17.8 Å². The summed E-state index contributed by atoms with van der Waals surface area (Å²) in [6.45, 7) is 1.85. The lowest BCUT2D eigenvalue weighted by atomic mass is 9.89. The van der Waals surface area contributed by atoms with Crippen molar-refractivity contribution in [2.24, 2.45) is 5.92 Å². The molecule has 148 valence electrons. The molecule has 0 aliphatic heterocycles. The zero-order valence-electron chi connectivity index (χ0n) is 16.0. The van der Waals surface area contributed by atoms with Gasteiger partial charge in [-0.1, -0.05) is 19.3 Å². The highest BCUT2D eigenvalue weighted by Crippen LogP contribution is 2.22. The van der Waals surface area contributed by atoms with Gasteiger partial charge in [-0.15, -0.1) is 0 Å². The summed E-state index contributed by atoms with van der Waals surface area (Å²) < 4.78 is 10.1. The first-order valence-corrected chi connectivity index (χ1v) is 9.39. The Morgan fingerprint density at radius 3 is 2.37 bits per heavy atom. The van der Waals surface area contributed by atoms with Gasteiger partial charge in [0.2, 0.25) is 0 Å². The van der Waals surface area contributed by atoms with Crippen molar-refractivity contribution in [2.45, 2.75) is 45.1 Å². The van der Waals surface area contributed by atoms with Gasteiger partial charge in [0.1, 0.15) is 12.3 Å². The molecule has 27 heavy (non-hydrogen) atoms. The minimum Gasteiger partial charge on any atom is -0.497 e. The SMILES string of the molecule is COc1ccc(C(=O)NCC(=O)O[C@@H](C)C(=O)NCC2CCCCC2)cc1. The summed E-state index contributed by atoms with van der Waals surface area (Å²) in [6, 6.07) is 6.51. The standard InChI is InChI=1S/C20H28N2O5/c1-14(19(24)21-12-15-6-4-3-5-7-15)27-18(23)13-22-20(25)16-8-10-17(26-2)11-9-16/h8-11,14-15H,3-7,12-13H2,1-2H3,(H,21,24)(H,22,25)/t14-/m0/s1. The Balaban J connectivity index is 1.68. The number of methoxy groups -OCH3 is 1. The number of amides is 2. The molecule has 0 spiro atoms. The quantitative estimate of drug-likeness (QED) is 0.678. The lowest BCUT2D eigenvalue weighted by molar-refractivity contribution is -0.153. The zero-order chi connectivity index (χ0) is 19.6. The van der Waals surface area contributed by atoms with Crippen LogP contribution in [0.3, 0.4) is 0 Å². The Hall–Kier alpha value is -2.57. The van der Waals surface area contributed by atoms with Crippen LogP contribution in [-0.2, 0) is 14.3 Å². The van der Waals surface area contributed by atoms with Gasteiger partial charge < -0.3 is 20.1 Å². The molecule has 0 saturated heterocycles. The average Bonchev–Trinajstić information content (AvgIpc) is 2.71. The molecule has 0 aromatic heterocycles. The molecule has 0 bridgehead atoms. The fourth-order valence-electron chi connectivity index (χ4n) is 3.07. The van der Waals surface area contributed by atoms with Crippen LogP contribution in [0.5, 0.6) is 5.75 Å². The summed E-state index contributed by atoms with van der Waals surface area (Å²) in [5.74, 6) is -0.218. The first-order chi connectivity index (χ1) is 13.0. The average molecular weight is 376 g/mol. The fraction of sp³-hybridized carbons (Fsp3) is 0.550. The molecule has 1 aromatic carbocycles. The van der Waals surface area contributed by atoms with E-state index in [1.807, 2.05) is 0 Å². The molecule has 2 amide bonds.